The molecule has 0 aliphatic rings. The zero-order chi connectivity index (χ0) is 16.9. The third kappa shape index (κ3) is 3.76. The average molecular weight is 341 g/mol. The van der Waals surface area contributed by atoms with Gasteiger partial charge in [-0.2, -0.15) is 4.98 Å². The topological polar surface area (TPSA) is 68.0 Å². The molecule has 6 heteroatoms. The summed E-state index contributed by atoms with van der Waals surface area (Å²) in [6.45, 7) is 4.06. The maximum atomic E-state index is 12.5. The average Bonchev–Trinajstić information content (AvgIpc) is 3.02. The van der Waals surface area contributed by atoms with Gasteiger partial charge in [0.2, 0.25) is 5.91 Å². The molecule has 124 valence electrons. The Morgan fingerprint density at radius 2 is 2.17 bits per heavy atom. The van der Waals surface area contributed by atoms with Crippen molar-refractivity contribution in [3.05, 3.63) is 48.2 Å². The summed E-state index contributed by atoms with van der Waals surface area (Å²) in [6.07, 6.45) is 3.28. The summed E-state index contributed by atoms with van der Waals surface area (Å²) in [7, 11) is 0. The number of benzene rings is 1. The van der Waals surface area contributed by atoms with Crippen LogP contribution in [0.25, 0.3) is 11.2 Å². The van der Waals surface area contributed by atoms with Crippen LogP contribution in [0.15, 0.2) is 52.2 Å². The fraction of sp³-hybridized carbons (Fsp3) is 0.278. The highest BCUT2D eigenvalue weighted by atomic mass is 32.2. The number of amides is 1. The van der Waals surface area contributed by atoms with E-state index in [4.69, 9.17) is 4.42 Å². The van der Waals surface area contributed by atoms with Crippen LogP contribution in [0.5, 0.6) is 0 Å². The molecule has 0 bridgehead atoms. The number of thioether (sulfide) groups is 1. The molecule has 3 aromatic rings. The van der Waals surface area contributed by atoms with Crippen LogP contribution < -0.4 is 5.32 Å². The molecule has 1 atom stereocenters. The van der Waals surface area contributed by atoms with Gasteiger partial charge >= 0.3 is 0 Å². The van der Waals surface area contributed by atoms with Crippen molar-refractivity contribution in [3.8, 4) is 0 Å². The minimum atomic E-state index is -0.275. The summed E-state index contributed by atoms with van der Waals surface area (Å²) in [4.78, 5) is 21.0. The van der Waals surface area contributed by atoms with Gasteiger partial charge < -0.3 is 9.73 Å². The summed E-state index contributed by atoms with van der Waals surface area (Å²) in [6, 6.07) is 11.5. The van der Waals surface area contributed by atoms with Gasteiger partial charge in [-0.3, -0.25) is 4.79 Å². The van der Waals surface area contributed by atoms with Crippen LogP contribution in [0.4, 0.5) is 5.69 Å². The summed E-state index contributed by atoms with van der Waals surface area (Å²) in [5, 5.41) is 3.17. The van der Waals surface area contributed by atoms with Crippen molar-refractivity contribution in [3.63, 3.8) is 0 Å². The van der Waals surface area contributed by atoms with Gasteiger partial charge in [0.05, 0.1) is 5.25 Å². The predicted molar refractivity (Wildman–Crippen MR) is 96.2 cm³/mol. The molecule has 1 aromatic carbocycles. The van der Waals surface area contributed by atoms with Gasteiger partial charge in [-0.05, 0) is 42.7 Å². The summed E-state index contributed by atoms with van der Waals surface area (Å²) >= 11 is 1.32. The second kappa shape index (κ2) is 7.49. The lowest BCUT2D eigenvalue weighted by molar-refractivity contribution is -0.115. The van der Waals surface area contributed by atoms with Crippen molar-refractivity contribution < 1.29 is 9.21 Å². The number of oxazole rings is 1. The fourth-order valence-electron chi connectivity index (χ4n) is 2.34. The number of pyridine rings is 1. The molecular weight excluding hydrogens is 322 g/mol. The molecule has 0 saturated carbocycles. The molecule has 1 unspecified atom stereocenters. The first-order valence-corrected chi connectivity index (χ1v) is 8.85. The number of fused-ring (bicyclic) bond motifs is 1. The third-order valence-electron chi connectivity index (χ3n) is 3.65. The first-order chi connectivity index (χ1) is 11.7. The van der Waals surface area contributed by atoms with Gasteiger partial charge in [0.25, 0.3) is 5.22 Å². The monoisotopic (exact) mass is 341 g/mol. The molecule has 0 saturated heterocycles. The number of carbonyl (C=O) groups excluding carboxylic acids is 1. The fourth-order valence-corrected chi connectivity index (χ4v) is 3.19. The summed E-state index contributed by atoms with van der Waals surface area (Å²) in [5.41, 5.74) is 3.20. The van der Waals surface area contributed by atoms with Crippen LogP contribution in [0.1, 0.15) is 25.8 Å². The second-order valence-corrected chi connectivity index (χ2v) is 6.52. The summed E-state index contributed by atoms with van der Waals surface area (Å²) < 4.78 is 5.65. The molecule has 0 radical (unpaired) electrons. The largest absolute Gasteiger partial charge is 0.430 e. The molecule has 0 aliphatic heterocycles. The first-order valence-electron chi connectivity index (χ1n) is 7.97. The van der Waals surface area contributed by atoms with E-state index < -0.39 is 0 Å². The number of carbonyl (C=O) groups is 1. The quantitative estimate of drug-likeness (QED) is 0.677. The van der Waals surface area contributed by atoms with Crippen molar-refractivity contribution in [2.45, 2.75) is 37.2 Å². The second-order valence-electron chi connectivity index (χ2n) is 5.36. The van der Waals surface area contributed by atoms with Gasteiger partial charge in [0.15, 0.2) is 11.2 Å². The Bertz CT molecular complexity index is 814. The number of hydrogen-bond acceptors (Lipinski definition) is 5. The van der Waals surface area contributed by atoms with Crippen LogP contribution in [-0.2, 0) is 11.2 Å². The number of aromatic nitrogens is 2. The number of hydrogen-bond donors (Lipinski definition) is 1. The molecule has 0 aliphatic carbocycles. The SMILES string of the molecule is CCc1cccc(NC(=O)C(CC)Sc2nc3ncccc3o2)c1. The molecule has 1 N–H and O–H groups in total. The third-order valence-corrected chi connectivity index (χ3v) is 4.86. The maximum absolute atomic E-state index is 12.5. The highest BCUT2D eigenvalue weighted by Crippen LogP contribution is 2.28. The maximum Gasteiger partial charge on any atom is 0.259 e. The molecule has 24 heavy (non-hydrogen) atoms. The lowest BCUT2D eigenvalue weighted by Crippen LogP contribution is -2.24. The molecule has 0 spiro atoms. The Kier molecular flexibility index (Phi) is 5.15. The normalized spacial score (nSPS) is 12.2. The van der Waals surface area contributed by atoms with Crippen LogP contribution in [0.2, 0.25) is 0 Å². The Hall–Kier alpha value is -2.34. The standard InChI is InChI=1S/C18H19N3O2S/c1-3-12-7-5-8-13(11-12)20-17(22)15(4-2)24-18-21-16-14(23-18)9-6-10-19-16/h5-11,15H,3-4H2,1-2H3,(H,20,22). The van der Waals surface area contributed by atoms with Crippen LogP contribution >= 0.6 is 11.8 Å². The van der Waals surface area contributed by atoms with Crippen molar-refractivity contribution in [2.75, 3.05) is 5.32 Å². The number of rotatable bonds is 6. The van der Waals surface area contributed by atoms with Crippen LogP contribution in [0, 0.1) is 0 Å². The van der Waals surface area contributed by atoms with Crippen molar-refractivity contribution in [1.29, 1.82) is 0 Å². The molecular formula is C18H19N3O2S. The van der Waals surface area contributed by atoms with Crippen LogP contribution in [-0.4, -0.2) is 21.1 Å². The van der Waals surface area contributed by atoms with E-state index in [0.717, 1.165) is 12.1 Å². The highest BCUT2D eigenvalue weighted by Gasteiger charge is 2.21. The van der Waals surface area contributed by atoms with E-state index in [1.165, 1.54) is 17.3 Å². The Labute approximate surface area is 144 Å². The van der Waals surface area contributed by atoms with Gasteiger partial charge in [-0.25, -0.2) is 4.98 Å². The van der Waals surface area contributed by atoms with E-state index in [1.807, 2.05) is 37.3 Å². The molecule has 1 amide bonds. The van der Waals surface area contributed by atoms with Crippen molar-refractivity contribution >= 4 is 34.6 Å². The van der Waals surface area contributed by atoms with Gasteiger partial charge in [-0.15, -0.1) is 0 Å². The lowest BCUT2D eigenvalue weighted by atomic mass is 10.1. The minimum Gasteiger partial charge on any atom is -0.430 e. The van der Waals surface area contributed by atoms with E-state index in [0.29, 0.717) is 22.9 Å². The van der Waals surface area contributed by atoms with E-state index >= 15 is 0 Å². The van der Waals surface area contributed by atoms with E-state index in [9.17, 15) is 4.79 Å². The Morgan fingerprint density at radius 3 is 2.92 bits per heavy atom. The Morgan fingerprint density at radius 1 is 1.29 bits per heavy atom. The van der Waals surface area contributed by atoms with Crippen molar-refractivity contribution in [2.24, 2.45) is 0 Å². The molecule has 2 aromatic heterocycles. The number of anilines is 1. The zero-order valence-corrected chi connectivity index (χ0v) is 14.5. The zero-order valence-electron chi connectivity index (χ0n) is 13.7. The molecule has 0 fully saturated rings. The number of nitrogens with zero attached hydrogens (tertiary/aromatic N) is 2. The van der Waals surface area contributed by atoms with E-state index in [-0.39, 0.29) is 11.2 Å². The molecule has 5 nitrogen and oxygen atoms in total. The van der Waals surface area contributed by atoms with Gasteiger partial charge in [0.1, 0.15) is 0 Å². The molecule has 3 rings (SSSR count). The van der Waals surface area contributed by atoms with E-state index in [2.05, 4.69) is 22.2 Å². The van der Waals surface area contributed by atoms with Crippen LogP contribution in [0.3, 0.4) is 0 Å². The lowest BCUT2D eigenvalue weighted by Gasteiger charge is -2.13. The highest BCUT2D eigenvalue weighted by molar-refractivity contribution is 8.00. The molecule has 2 heterocycles. The van der Waals surface area contributed by atoms with E-state index in [1.54, 1.807) is 12.3 Å². The van der Waals surface area contributed by atoms with Gasteiger partial charge in [-0.1, -0.05) is 37.7 Å². The van der Waals surface area contributed by atoms with Crippen molar-refractivity contribution in [1.82, 2.24) is 9.97 Å². The first kappa shape index (κ1) is 16.5. The Balaban J connectivity index is 1.71. The number of aryl methyl sites for hydroxylation is 1. The number of nitrogens with one attached hydrogen (secondary N) is 1. The minimum absolute atomic E-state index is 0.0500. The predicted octanol–water partition coefficient (Wildman–Crippen LogP) is 4.29. The summed E-state index contributed by atoms with van der Waals surface area (Å²) in [5.74, 6) is -0.0500. The smallest absolute Gasteiger partial charge is 0.259 e. The van der Waals surface area contributed by atoms with Gasteiger partial charge in [0, 0.05) is 11.9 Å².